The van der Waals surface area contributed by atoms with E-state index < -0.39 is 23.1 Å². The van der Waals surface area contributed by atoms with Gasteiger partial charge in [-0.05, 0) is 44.9 Å². The van der Waals surface area contributed by atoms with Crippen molar-refractivity contribution in [3.05, 3.63) is 24.0 Å². The summed E-state index contributed by atoms with van der Waals surface area (Å²) < 4.78 is 13.4. The molecule has 1 fully saturated rings. The van der Waals surface area contributed by atoms with Crippen LogP contribution in [-0.4, -0.2) is 23.0 Å². The number of nitrogens with one attached hydrogen (secondary N) is 2. The SMILES string of the molecule is CC(C)Nc1ccc(F)cc1NC(=O)CC1(C(=O)O)CCC1. The topological polar surface area (TPSA) is 78.4 Å². The van der Waals surface area contributed by atoms with E-state index in [1.807, 2.05) is 13.8 Å². The number of amides is 1. The Hall–Kier alpha value is -2.11. The van der Waals surface area contributed by atoms with Crippen molar-refractivity contribution >= 4 is 23.3 Å². The number of anilines is 2. The molecule has 0 spiro atoms. The van der Waals surface area contributed by atoms with E-state index >= 15 is 0 Å². The van der Waals surface area contributed by atoms with E-state index in [1.165, 1.54) is 12.1 Å². The summed E-state index contributed by atoms with van der Waals surface area (Å²) in [5.74, 6) is -1.80. The Labute approximate surface area is 128 Å². The largest absolute Gasteiger partial charge is 0.481 e. The second-order valence-corrected chi connectivity index (χ2v) is 6.15. The lowest BCUT2D eigenvalue weighted by molar-refractivity contribution is -0.157. The molecule has 0 atom stereocenters. The Morgan fingerprint density at radius 2 is 2.00 bits per heavy atom. The molecule has 5 nitrogen and oxygen atoms in total. The van der Waals surface area contributed by atoms with Crippen LogP contribution in [0, 0.1) is 11.2 Å². The van der Waals surface area contributed by atoms with Gasteiger partial charge in [0.15, 0.2) is 0 Å². The van der Waals surface area contributed by atoms with Crippen LogP contribution in [0.4, 0.5) is 15.8 Å². The average Bonchev–Trinajstić information content (AvgIpc) is 2.36. The summed E-state index contributed by atoms with van der Waals surface area (Å²) in [6.45, 7) is 3.87. The highest BCUT2D eigenvalue weighted by Gasteiger charge is 2.45. The van der Waals surface area contributed by atoms with Gasteiger partial charge in [-0.3, -0.25) is 9.59 Å². The zero-order chi connectivity index (χ0) is 16.3. The number of carboxylic acid groups (broad SMARTS) is 1. The number of carbonyl (C=O) groups excluding carboxylic acids is 1. The third kappa shape index (κ3) is 3.55. The van der Waals surface area contributed by atoms with Gasteiger partial charge in [0.1, 0.15) is 5.82 Å². The Kier molecular flexibility index (Phi) is 4.68. The molecule has 0 radical (unpaired) electrons. The van der Waals surface area contributed by atoms with Crippen molar-refractivity contribution in [2.75, 3.05) is 10.6 Å². The number of hydrogen-bond donors (Lipinski definition) is 3. The van der Waals surface area contributed by atoms with Crippen LogP contribution in [0.25, 0.3) is 0 Å². The molecule has 0 aliphatic heterocycles. The van der Waals surface area contributed by atoms with Crippen molar-refractivity contribution in [3.8, 4) is 0 Å². The Morgan fingerprint density at radius 3 is 2.50 bits per heavy atom. The van der Waals surface area contributed by atoms with Gasteiger partial charge in [-0.25, -0.2) is 4.39 Å². The molecule has 3 N–H and O–H groups in total. The van der Waals surface area contributed by atoms with E-state index in [9.17, 15) is 19.1 Å². The minimum absolute atomic E-state index is 0.0834. The predicted molar refractivity (Wildman–Crippen MR) is 82.3 cm³/mol. The van der Waals surface area contributed by atoms with Crippen molar-refractivity contribution in [2.24, 2.45) is 5.41 Å². The molecular formula is C16H21FN2O3. The van der Waals surface area contributed by atoms with Gasteiger partial charge < -0.3 is 15.7 Å². The Bertz CT molecular complexity index is 583. The molecule has 1 aromatic rings. The number of halogens is 1. The zero-order valence-corrected chi connectivity index (χ0v) is 12.8. The van der Waals surface area contributed by atoms with Crippen LogP contribution >= 0.6 is 0 Å². The van der Waals surface area contributed by atoms with Crippen LogP contribution in [-0.2, 0) is 9.59 Å². The molecule has 0 unspecified atom stereocenters. The zero-order valence-electron chi connectivity index (χ0n) is 12.8. The molecule has 0 aromatic heterocycles. The first-order chi connectivity index (χ1) is 10.3. The average molecular weight is 308 g/mol. The lowest BCUT2D eigenvalue weighted by atomic mass is 9.66. The van der Waals surface area contributed by atoms with Crippen molar-refractivity contribution in [3.63, 3.8) is 0 Å². The van der Waals surface area contributed by atoms with Gasteiger partial charge >= 0.3 is 5.97 Å². The van der Waals surface area contributed by atoms with Crippen LogP contribution in [0.15, 0.2) is 18.2 Å². The molecule has 2 rings (SSSR count). The molecule has 1 aromatic carbocycles. The molecule has 0 bridgehead atoms. The molecule has 0 saturated heterocycles. The van der Waals surface area contributed by atoms with Gasteiger partial charge in [0, 0.05) is 12.5 Å². The van der Waals surface area contributed by atoms with Crippen LogP contribution in [0.2, 0.25) is 0 Å². The van der Waals surface area contributed by atoms with Crippen LogP contribution in [0.3, 0.4) is 0 Å². The second-order valence-electron chi connectivity index (χ2n) is 6.15. The van der Waals surface area contributed by atoms with E-state index in [2.05, 4.69) is 10.6 Å². The molecule has 22 heavy (non-hydrogen) atoms. The number of benzene rings is 1. The van der Waals surface area contributed by atoms with Gasteiger partial charge in [0.05, 0.1) is 16.8 Å². The molecule has 1 saturated carbocycles. The van der Waals surface area contributed by atoms with Crippen molar-refractivity contribution in [1.82, 2.24) is 0 Å². The summed E-state index contributed by atoms with van der Waals surface area (Å²) in [6.07, 6.45) is 1.76. The fraction of sp³-hybridized carbons (Fsp3) is 0.500. The van der Waals surface area contributed by atoms with Gasteiger partial charge in [0.25, 0.3) is 0 Å². The maximum absolute atomic E-state index is 13.4. The fourth-order valence-electron chi connectivity index (χ4n) is 2.63. The highest BCUT2D eigenvalue weighted by molar-refractivity contribution is 5.97. The second kappa shape index (κ2) is 6.34. The summed E-state index contributed by atoms with van der Waals surface area (Å²) >= 11 is 0. The highest BCUT2D eigenvalue weighted by Crippen LogP contribution is 2.44. The third-order valence-corrected chi connectivity index (χ3v) is 3.96. The standard InChI is InChI=1S/C16H21FN2O3/c1-10(2)18-12-5-4-11(17)8-13(12)19-14(20)9-16(15(21)22)6-3-7-16/h4-5,8,10,18H,3,6-7,9H2,1-2H3,(H,19,20)(H,21,22). The summed E-state index contributed by atoms with van der Waals surface area (Å²) in [5.41, 5.74) is -0.00966. The number of carbonyl (C=O) groups is 2. The maximum atomic E-state index is 13.4. The molecular weight excluding hydrogens is 287 g/mol. The van der Waals surface area contributed by atoms with E-state index in [0.717, 1.165) is 6.42 Å². The molecule has 1 aliphatic rings. The van der Waals surface area contributed by atoms with E-state index in [1.54, 1.807) is 6.07 Å². The van der Waals surface area contributed by atoms with Crippen molar-refractivity contribution in [2.45, 2.75) is 45.6 Å². The van der Waals surface area contributed by atoms with E-state index in [0.29, 0.717) is 24.2 Å². The number of rotatable bonds is 6. The van der Waals surface area contributed by atoms with Gasteiger partial charge in [0.2, 0.25) is 5.91 Å². The minimum Gasteiger partial charge on any atom is -0.481 e. The quantitative estimate of drug-likeness (QED) is 0.754. The van der Waals surface area contributed by atoms with Gasteiger partial charge in [-0.2, -0.15) is 0 Å². The normalized spacial score (nSPS) is 16.0. The van der Waals surface area contributed by atoms with E-state index in [-0.39, 0.29) is 12.5 Å². The summed E-state index contributed by atoms with van der Waals surface area (Å²) in [5, 5.41) is 15.0. The number of carboxylic acids is 1. The minimum atomic E-state index is -0.955. The van der Waals surface area contributed by atoms with Crippen LogP contribution in [0.5, 0.6) is 0 Å². The molecule has 6 heteroatoms. The molecule has 1 aliphatic carbocycles. The first-order valence-electron chi connectivity index (χ1n) is 7.42. The maximum Gasteiger partial charge on any atom is 0.310 e. The first kappa shape index (κ1) is 16.3. The summed E-state index contributed by atoms with van der Waals surface area (Å²) in [4.78, 5) is 23.5. The van der Waals surface area contributed by atoms with E-state index in [4.69, 9.17) is 0 Å². The number of hydrogen-bond acceptors (Lipinski definition) is 3. The third-order valence-electron chi connectivity index (χ3n) is 3.96. The lowest BCUT2D eigenvalue weighted by Gasteiger charge is -2.37. The van der Waals surface area contributed by atoms with Crippen molar-refractivity contribution in [1.29, 1.82) is 0 Å². The van der Waals surface area contributed by atoms with Crippen molar-refractivity contribution < 1.29 is 19.1 Å². The van der Waals surface area contributed by atoms with Gasteiger partial charge in [-0.1, -0.05) is 6.42 Å². The number of aliphatic carboxylic acids is 1. The summed E-state index contributed by atoms with van der Waals surface area (Å²) in [6, 6.07) is 4.22. The Balaban J connectivity index is 2.11. The predicted octanol–water partition coefficient (Wildman–Crippen LogP) is 3.23. The monoisotopic (exact) mass is 308 g/mol. The lowest BCUT2D eigenvalue weighted by Crippen LogP contribution is -2.41. The molecule has 1 amide bonds. The fourth-order valence-corrected chi connectivity index (χ4v) is 2.63. The highest BCUT2D eigenvalue weighted by atomic mass is 19.1. The van der Waals surface area contributed by atoms with Crippen LogP contribution in [0.1, 0.15) is 39.5 Å². The molecule has 0 heterocycles. The summed E-state index contributed by atoms with van der Waals surface area (Å²) in [7, 11) is 0. The Morgan fingerprint density at radius 1 is 1.32 bits per heavy atom. The first-order valence-corrected chi connectivity index (χ1v) is 7.42. The van der Waals surface area contributed by atoms with Gasteiger partial charge in [-0.15, -0.1) is 0 Å². The van der Waals surface area contributed by atoms with Crippen LogP contribution < -0.4 is 10.6 Å². The smallest absolute Gasteiger partial charge is 0.310 e. The molecule has 120 valence electrons.